The highest BCUT2D eigenvalue weighted by molar-refractivity contribution is 7.99. The SMILES string of the molecule is c1c(NC2CC2)nc(C2CC2)nc1N1CCSCC1. The molecule has 2 heterocycles. The zero-order chi connectivity index (χ0) is 12.7. The minimum Gasteiger partial charge on any atom is -0.367 e. The van der Waals surface area contributed by atoms with Gasteiger partial charge < -0.3 is 10.2 Å². The van der Waals surface area contributed by atoms with Crippen LogP contribution in [-0.2, 0) is 0 Å². The largest absolute Gasteiger partial charge is 0.367 e. The van der Waals surface area contributed by atoms with E-state index in [-0.39, 0.29) is 0 Å². The normalized spacial score (nSPS) is 23.5. The first-order chi connectivity index (χ1) is 9.38. The second kappa shape index (κ2) is 4.85. The van der Waals surface area contributed by atoms with Crippen molar-refractivity contribution < 1.29 is 0 Å². The zero-order valence-corrected chi connectivity index (χ0v) is 12.0. The summed E-state index contributed by atoms with van der Waals surface area (Å²) in [6.45, 7) is 2.24. The van der Waals surface area contributed by atoms with Crippen LogP contribution < -0.4 is 10.2 Å². The molecule has 0 atom stereocenters. The molecular formula is C14H20N4S. The van der Waals surface area contributed by atoms with E-state index in [1.807, 2.05) is 11.8 Å². The predicted octanol–water partition coefficient (Wildman–Crippen LogP) is 2.48. The number of nitrogens with zero attached hydrogens (tertiary/aromatic N) is 3. The first-order valence-electron chi connectivity index (χ1n) is 7.37. The highest BCUT2D eigenvalue weighted by atomic mass is 32.2. The van der Waals surface area contributed by atoms with E-state index in [0.717, 1.165) is 30.5 Å². The van der Waals surface area contributed by atoms with Crippen molar-refractivity contribution >= 4 is 23.4 Å². The molecule has 0 spiro atoms. The maximum atomic E-state index is 4.81. The number of aromatic nitrogens is 2. The van der Waals surface area contributed by atoms with Gasteiger partial charge in [-0.25, -0.2) is 9.97 Å². The Balaban J connectivity index is 1.61. The van der Waals surface area contributed by atoms with E-state index in [0.29, 0.717) is 12.0 Å². The summed E-state index contributed by atoms with van der Waals surface area (Å²) >= 11 is 2.04. The Morgan fingerprint density at radius 1 is 1.11 bits per heavy atom. The number of thioether (sulfide) groups is 1. The van der Waals surface area contributed by atoms with E-state index < -0.39 is 0 Å². The molecule has 1 saturated heterocycles. The van der Waals surface area contributed by atoms with Crippen molar-refractivity contribution in [2.45, 2.75) is 37.6 Å². The Morgan fingerprint density at radius 3 is 2.58 bits per heavy atom. The molecule has 1 N–H and O–H groups in total. The van der Waals surface area contributed by atoms with Gasteiger partial charge in [0.1, 0.15) is 17.5 Å². The molecule has 0 unspecified atom stereocenters. The number of nitrogens with one attached hydrogen (secondary N) is 1. The Bertz CT molecular complexity index is 465. The van der Waals surface area contributed by atoms with Crippen LogP contribution in [-0.4, -0.2) is 40.6 Å². The van der Waals surface area contributed by atoms with Crippen molar-refractivity contribution in [2.75, 3.05) is 34.8 Å². The molecule has 0 bridgehead atoms. The number of rotatable bonds is 4. The quantitative estimate of drug-likeness (QED) is 0.915. The van der Waals surface area contributed by atoms with Gasteiger partial charge in [-0.1, -0.05) is 0 Å². The molecule has 3 aliphatic rings. The van der Waals surface area contributed by atoms with Crippen molar-refractivity contribution in [3.63, 3.8) is 0 Å². The van der Waals surface area contributed by atoms with Crippen LogP contribution in [0.4, 0.5) is 11.6 Å². The lowest BCUT2D eigenvalue weighted by Gasteiger charge is -2.28. The fraction of sp³-hybridized carbons (Fsp3) is 0.714. The van der Waals surface area contributed by atoms with Crippen LogP contribution in [0.1, 0.15) is 37.4 Å². The Morgan fingerprint density at radius 2 is 1.89 bits per heavy atom. The van der Waals surface area contributed by atoms with Gasteiger partial charge in [0.25, 0.3) is 0 Å². The summed E-state index contributed by atoms with van der Waals surface area (Å²) in [7, 11) is 0. The molecule has 5 heteroatoms. The lowest BCUT2D eigenvalue weighted by molar-refractivity contribution is 0.815. The van der Waals surface area contributed by atoms with Crippen LogP contribution in [0.5, 0.6) is 0 Å². The Kier molecular flexibility index (Phi) is 3.02. The molecule has 1 aromatic rings. The lowest BCUT2D eigenvalue weighted by Crippen LogP contribution is -2.33. The van der Waals surface area contributed by atoms with Crippen LogP contribution in [0.15, 0.2) is 6.07 Å². The standard InChI is InChI=1S/C14H20N4S/c1-2-10(1)14-16-12(15-11-3-4-11)9-13(17-14)18-5-7-19-8-6-18/h9-11H,1-8H2,(H,15,16,17). The van der Waals surface area contributed by atoms with E-state index in [2.05, 4.69) is 16.3 Å². The van der Waals surface area contributed by atoms with E-state index in [1.54, 1.807) is 0 Å². The second-order valence-corrected chi connectivity index (χ2v) is 6.99. The van der Waals surface area contributed by atoms with Crippen molar-refractivity contribution in [1.82, 2.24) is 9.97 Å². The van der Waals surface area contributed by atoms with Gasteiger partial charge in [0.05, 0.1) is 0 Å². The summed E-state index contributed by atoms with van der Waals surface area (Å²) in [6, 6.07) is 2.81. The maximum Gasteiger partial charge on any atom is 0.136 e. The van der Waals surface area contributed by atoms with E-state index in [4.69, 9.17) is 9.97 Å². The third-order valence-electron chi connectivity index (χ3n) is 3.94. The van der Waals surface area contributed by atoms with Gasteiger partial charge in [-0.15, -0.1) is 0 Å². The number of anilines is 2. The van der Waals surface area contributed by atoms with Gasteiger partial charge in [0.15, 0.2) is 0 Å². The summed E-state index contributed by atoms with van der Waals surface area (Å²) in [5.74, 6) is 6.31. The highest BCUT2D eigenvalue weighted by Crippen LogP contribution is 2.39. The molecule has 1 aliphatic heterocycles. The van der Waals surface area contributed by atoms with Crippen molar-refractivity contribution in [3.05, 3.63) is 11.9 Å². The number of hydrogen-bond donors (Lipinski definition) is 1. The predicted molar refractivity (Wildman–Crippen MR) is 80.2 cm³/mol. The molecular weight excluding hydrogens is 256 g/mol. The van der Waals surface area contributed by atoms with Crippen LogP contribution in [0.2, 0.25) is 0 Å². The molecule has 2 aliphatic carbocycles. The van der Waals surface area contributed by atoms with Gasteiger partial charge in [-0.3, -0.25) is 0 Å². The molecule has 4 rings (SSSR count). The van der Waals surface area contributed by atoms with Crippen LogP contribution >= 0.6 is 11.8 Å². The van der Waals surface area contributed by atoms with E-state index >= 15 is 0 Å². The summed E-state index contributed by atoms with van der Waals surface area (Å²) in [5.41, 5.74) is 0. The summed E-state index contributed by atoms with van der Waals surface area (Å²) < 4.78 is 0. The third-order valence-corrected chi connectivity index (χ3v) is 4.88. The summed E-state index contributed by atoms with van der Waals surface area (Å²) in [5, 5.41) is 3.54. The molecule has 0 amide bonds. The van der Waals surface area contributed by atoms with Crippen LogP contribution in [0.25, 0.3) is 0 Å². The Hall–Kier alpha value is -0.970. The second-order valence-electron chi connectivity index (χ2n) is 5.76. The molecule has 102 valence electrons. The van der Waals surface area contributed by atoms with Crippen LogP contribution in [0.3, 0.4) is 0 Å². The molecule has 4 nitrogen and oxygen atoms in total. The smallest absolute Gasteiger partial charge is 0.136 e. The van der Waals surface area contributed by atoms with Gasteiger partial charge in [-0.05, 0) is 25.7 Å². The van der Waals surface area contributed by atoms with Gasteiger partial charge >= 0.3 is 0 Å². The third kappa shape index (κ3) is 2.81. The zero-order valence-electron chi connectivity index (χ0n) is 11.1. The first-order valence-corrected chi connectivity index (χ1v) is 8.52. The molecule has 19 heavy (non-hydrogen) atoms. The molecule has 0 radical (unpaired) electrons. The summed E-state index contributed by atoms with van der Waals surface area (Å²) in [6.07, 6.45) is 5.11. The molecule has 1 aromatic heterocycles. The minimum absolute atomic E-state index is 0.624. The Labute approximate surface area is 118 Å². The van der Waals surface area contributed by atoms with Crippen molar-refractivity contribution in [2.24, 2.45) is 0 Å². The molecule has 0 aromatic carbocycles. The van der Waals surface area contributed by atoms with Gasteiger partial charge in [0.2, 0.25) is 0 Å². The molecule has 3 fully saturated rings. The highest BCUT2D eigenvalue weighted by Gasteiger charge is 2.29. The van der Waals surface area contributed by atoms with Gasteiger partial charge in [0, 0.05) is 42.6 Å². The molecule has 2 saturated carbocycles. The minimum atomic E-state index is 0.624. The number of hydrogen-bond acceptors (Lipinski definition) is 5. The van der Waals surface area contributed by atoms with Crippen molar-refractivity contribution in [1.29, 1.82) is 0 Å². The average Bonchev–Trinajstić information content (AvgIpc) is 3.33. The maximum absolute atomic E-state index is 4.81. The monoisotopic (exact) mass is 276 g/mol. The van der Waals surface area contributed by atoms with Crippen LogP contribution in [0, 0.1) is 0 Å². The first kappa shape index (κ1) is 11.8. The van der Waals surface area contributed by atoms with E-state index in [1.165, 1.54) is 37.2 Å². The fourth-order valence-corrected chi connectivity index (χ4v) is 3.35. The fourth-order valence-electron chi connectivity index (χ4n) is 2.44. The van der Waals surface area contributed by atoms with E-state index in [9.17, 15) is 0 Å². The lowest BCUT2D eigenvalue weighted by atomic mass is 10.3. The average molecular weight is 276 g/mol. The van der Waals surface area contributed by atoms with Crippen molar-refractivity contribution in [3.8, 4) is 0 Å². The topological polar surface area (TPSA) is 41.1 Å². The summed E-state index contributed by atoms with van der Waals surface area (Å²) in [4.78, 5) is 11.9. The van der Waals surface area contributed by atoms with Gasteiger partial charge in [-0.2, -0.15) is 11.8 Å².